The van der Waals surface area contributed by atoms with Crippen molar-refractivity contribution in [2.45, 2.75) is 44.6 Å². The molecule has 2 aromatic heterocycles. The van der Waals surface area contributed by atoms with E-state index in [9.17, 15) is 22.4 Å². The second-order valence-electron chi connectivity index (χ2n) is 9.88. The molecular weight excluding hydrogens is 546 g/mol. The number of aromatic nitrogens is 4. The highest BCUT2D eigenvalue weighted by Gasteiger charge is 2.68. The van der Waals surface area contributed by atoms with Crippen LogP contribution in [-0.4, -0.2) is 57.8 Å². The molecule has 2 aromatic carbocycles. The normalized spacial score (nSPS) is 20.5. The highest BCUT2D eigenvalue weighted by Crippen LogP contribution is 2.57. The van der Waals surface area contributed by atoms with Gasteiger partial charge in [-0.3, -0.25) is 0 Å². The summed E-state index contributed by atoms with van der Waals surface area (Å²) < 4.78 is 74.6. The summed E-state index contributed by atoms with van der Waals surface area (Å²) in [5, 5.41) is 7.50. The Kier molecular flexibility index (Phi) is 7.10. The maximum absolute atomic E-state index is 14.4. The fourth-order valence-corrected chi connectivity index (χ4v) is 5.11. The number of hydrogen-bond donors (Lipinski definition) is 1. The highest BCUT2D eigenvalue weighted by atomic mass is 19.4. The van der Waals surface area contributed by atoms with E-state index in [4.69, 9.17) is 14.2 Å². The molecule has 0 amide bonds. The summed E-state index contributed by atoms with van der Waals surface area (Å²) in [5.74, 6) is -0.473. The molecule has 5 rings (SSSR count). The van der Waals surface area contributed by atoms with Gasteiger partial charge in [0.15, 0.2) is 11.2 Å². The van der Waals surface area contributed by atoms with E-state index in [1.807, 2.05) is 0 Å². The van der Waals surface area contributed by atoms with Crippen molar-refractivity contribution in [1.29, 1.82) is 0 Å². The van der Waals surface area contributed by atoms with Gasteiger partial charge in [0.05, 0.1) is 48.7 Å². The third-order valence-electron chi connectivity index (χ3n) is 6.97. The monoisotopic (exact) mass is 573 g/mol. The number of esters is 1. The smallest absolute Gasteiger partial charge is 0.419 e. The van der Waals surface area contributed by atoms with Gasteiger partial charge in [-0.25, -0.2) is 23.8 Å². The molecule has 2 atom stereocenters. The summed E-state index contributed by atoms with van der Waals surface area (Å²) >= 11 is 0. The van der Waals surface area contributed by atoms with E-state index >= 15 is 0 Å². The first kappa shape index (κ1) is 28.3. The Morgan fingerprint density at radius 3 is 2.63 bits per heavy atom. The van der Waals surface area contributed by atoms with Crippen LogP contribution in [0.15, 0.2) is 48.7 Å². The average Bonchev–Trinajstić information content (AvgIpc) is 3.33. The molecule has 3 heterocycles. The molecule has 0 radical (unpaired) electrons. The predicted octanol–water partition coefficient (Wildman–Crippen LogP) is 5.50. The molecule has 1 aliphatic rings. The topological polar surface area (TPSA) is 100 Å². The first-order valence-corrected chi connectivity index (χ1v) is 12.7. The Labute approximate surface area is 232 Å². The lowest BCUT2D eigenvalue weighted by Gasteiger charge is -2.55. The molecule has 1 N–H and O–H groups in total. The fraction of sp³-hybridized carbons (Fsp3) is 0.357. The molecule has 1 fully saturated rings. The number of carbonyl (C=O) groups excluding carboxylic acids is 1. The van der Waals surface area contributed by atoms with Crippen LogP contribution in [0.5, 0.6) is 5.75 Å². The number of ether oxygens (including phenoxy) is 3. The van der Waals surface area contributed by atoms with Crippen molar-refractivity contribution in [1.82, 2.24) is 19.7 Å². The molecule has 0 bridgehead atoms. The van der Waals surface area contributed by atoms with Gasteiger partial charge in [-0.05, 0) is 57.2 Å². The van der Waals surface area contributed by atoms with Gasteiger partial charge >= 0.3 is 12.1 Å². The number of nitrogens with one attached hydrogen (secondary N) is 1. The van der Waals surface area contributed by atoms with Crippen LogP contribution in [0.3, 0.4) is 0 Å². The van der Waals surface area contributed by atoms with E-state index in [-0.39, 0.29) is 29.6 Å². The Bertz CT molecular complexity index is 1620. The number of benzene rings is 2. The van der Waals surface area contributed by atoms with Crippen LogP contribution in [0.2, 0.25) is 0 Å². The molecule has 2 unspecified atom stereocenters. The molecular formula is C28H27F4N5O4. The molecule has 1 aliphatic heterocycles. The van der Waals surface area contributed by atoms with Crippen molar-refractivity contribution < 1.29 is 36.6 Å². The summed E-state index contributed by atoms with van der Waals surface area (Å²) in [6, 6.07) is 10.2. The number of nitrogens with zero attached hydrogens (tertiary/aromatic N) is 4. The zero-order valence-electron chi connectivity index (χ0n) is 22.7. The quantitative estimate of drug-likeness (QED) is 0.218. The maximum Gasteiger partial charge on any atom is 0.419 e. The van der Waals surface area contributed by atoms with Gasteiger partial charge in [-0.15, -0.1) is 0 Å². The summed E-state index contributed by atoms with van der Waals surface area (Å²) in [4.78, 5) is 20.9. The van der Waals surface area contributed by atoms with Crippen LogP contribution in [0.1, 0.15) is 42.0 Å². The standard InChI is InChI=1S/C28H27F4N5O4/c1-5-40-25(38)17-7-6-8-19(11-17)37-24-20(13-34-37)23(35-16(2)36-24)33-15-27(28(30,31)32)14-26(3,41-27)21-12-18(29)9-10-22(21)39-4/h6-13H,5,14-15H2,1-4H3,(H,33,35,36). The maximum atomic E-state index is 14.4. The summed E-state index contributed by atoms with van der Waals surface area (Å²) in [6.45, 7) is 4.32. The largest absolute Gasteiger partial charge is 0.496 e. The first-order chi connectivity index (χ1) is 19.4. The third kappa shape index (κ3) is 5.05. The minimum atomic E-state index is -4.75. The number of alkyl halides is 3. The zero-order valence-corrected chi connectivity index (χ0v) is 22.7. The molecule has 13 heteroatoms. The molecule has 1 saturated heterocycles. The van der Waals surface area contributed by atoms with Gasteiger partial charge < -0.3 is 19.5 Å². The van der Waals surface area contributed by atoms with Crippen LogP contribution >= 0.6 is 0 Å². The van der Waals surface area contributed by atoms with E-state index in [2.05, 4.69) is 20.4 Å². The highest BCUT2D eigenvalue weighted by molar-refractivity contribution is 5.91. The Morgan fingerprint density at radius 1 is 1.20 bits per heavy atom. The summed E-state index contributed by atoms with van der Waals surface area (Å²) in [7, 11) is 1.35. The number of rotatable bonds is 8. The number of fused-ring (bicyclic) bond motifs is 1. The Balaban J connectivity index is 1.44. The van der Waals surface area contributed by atoms with Gasteiger partial charge in [0, 0.05) is 12.0 Å². The van der Waals surface area contributed by atoms with Gasteiger partial charge in [0.1, 0.15) is 23.2 Å². The number of carbonyl (C=O) groups is 1. The molecule has 41 heavy (non-hydrogen) atoms. The summed E-state index contributed by atoms with van der Waals surface area (Å²) in [5.41, 5.74) is -2.69. The van der Waals surface area contributed by atoms with Crippen LogP contribution in [0.25, 0.3) is 16.7 Å². The van der Waals surface area contributed by atoms with Gasteiger partial charge in [0.25, 0.3) is 0 Å². The van der Waals surface area contributed by atoms with Gasteiger partial charge in [0.2, 0.25) is 0 Å². The Morgan fingerprint density at radius 2 is 1.95 bits per heavy atom. The van der Waals surface area contributed by atoms with Crippen molar-refractivity contribution in [3.05, 3.63) is 71.4 Å². The molecule has 216 valence electrons. The van der Waals surface area contributed by atoms with Crippen LogP contribution in [-0.2, 0) is 15.1 Å². The third-order valence-corrected chi connectivity index (χ3v) is 6.97. The number of hydrogen-bond acceptors (Lipinski definition) is 8. The first-order valence-electron chi connectivity index (χ1n) is 12.7. The van der Waals surface area contributed by atoms with Crippen LogP contribution < -0.4 is 10.1 Å². The average molecular weight is 574 g/mol. The number of aryl methyl sites for hydroxylation is 1. The number of anilines is 1. The van der Waals surface area contributed by atoms with Crippen molar-refractivity contribution in [3.63, 3.8) is 0 Å². The van der Waals surface area contributed by atoms with E-state index in [1.54, 1.807) is 38.1 Å². The van der Waals surface area contributed by atoms with E-state index in [0.29, 0.717) is 22.3 Å². The lowest BCUT2D eigenvalue weighted by Crippen LogP contribution is -2.67. The lowest BCUT2D eigenvalue weighted by atomic mass is 9.75. The molecule has 9 nitrogen and oxygen atoms in total. The molecule has 0 saturated carbocycles. The van der Waals surface area contributed by atoms with E-state index in [0.717, 1.165) is 6.07 Å². The van der Waals surface area contributed by atoms with Crippen LogP contribution in [0.4, 0.5) is 23.4 Å². The van der Waals surface area contributed by atoms with Crippen molar-refractivity contribution in [2.75, 3.05) is 25.6 Å². The fourth-order valence-electron chi connectivity index (χ4n) is 5.11. The van der Waals surface area contributed by atoms with E-state index < -0.39 is 42.1 Å². The van der Waals surface area contributed by atoms with Crippen molar-refractivity contribution >= 4 is 22.8 Å². The van der Waals surface area contributed by atoms with Gasteiger partial charge in [-0.2, -0.15) is 18.3 Å². The number of methoxy groups -OCH3 is 1. The van der Waals surface area contributed by atoms with Crippen molar-refractivity contribution in [3.8, 4) is 11.4 Å². The van der Waals surface area contributed by atoms with Crippen LogP contribution in [0, 0.1) is 12.7 Å². The Hall–Kier alpha value is -4.26. The van der Waals surface area contributed by atoms with E-state index in [1.165, 1.54) is 37.0 Å². The van der Waals surface area contributed by atoms with Crippen molar-refractivity contribution in [2.24, 2.45) is 0 Å². The predicted molar refractivity (Wildman–Crippen MR) is 141 cm³/mol. The molecule has 4 aromatic rings. The second-order valence-corrected chi connectivity index (χ2v) is 9.88. The second kappa shape index (κ2) is 10.3. The summed E-state index contributed by atoms with van der Waals surface area (Å²) in [6.07, 6.45) is -3.81. The SMILES string of the molecule is CCOC(=O)c1cccc(-n2ncc3c(NCC4(C(F)(F)F)CC(C)(c5cc(F)ccc5OC)O4)nc(C)nc32)c1. The van der Waals surface area contributed by atoms with Gasteiger partial charge in [-0.1, -0.05) is 6.07 Å². The zero-order chi connectivity index (χ0) is 29.6. The minimum Gasteiger partial charge on any atom is -0.496 e. The molecule has 0 spiro atoms. The lowest BCUT2D eigenvalue weighted by molar-refractivity contribution is -0.380. The molecule has 0 aliphatic carbocycles. The minimum absolute atomic E-state index is 0.129. The number of halogens is 4.